The minimum atomic E-state index is -0.475. The Kier molecular flexibility index (Phi) is 5.79. The van der Waals surface area contributed by atoms with Crippen LogP contribution in [0.1, 0.15) is 31.2 Å². The Bertz CT molecular complexity index is 751. The van der Waals surface area contributed by atoms with Gasteiger partial charge >= 0.3 is 0 Å². The normalized spacial score (nSPS) is 25.0. The van der Waals surface area contributed by atoms with Gasteiger partial charge in [0, 0.05) is 52.0 Å². The smallest absolute Gasteiger partial charge is 0.240 e. The Morgan fingerprint density at radius 3 is 2.54 bits per heavy atom. The van der Waals surface area contributed by atoms with E-state index in [1.807, 2.05) is 6.07 Å². The number of carbonyl (C=O) groups excluding carboxylic acids is 1. The number of ether oxygens (including phenoxy) is 1. The van der Waals surface area contributed by atoms with Crippen LogP contribution in [-0.2, 0) is 9.53 Å². The molecule has 4 rings (SSSR count). The van der Waals surface area contributed by atoms with Crippen LogP contribution in [0.3, 0.4) is 0 Å². The number of rotatable bonds is 3. The van der Waals surface area contributed by atoms with Crippen molar-refractivity contribution in [1.29, 1.82) is 5.26 Å². The van der Waals surface area contributed by atoms with Crippen molar-refractivity contribution in [3.8, 4) is 6.07 Å². The second kappa shape index (κ2) is 8.46. The molecule has 1 aromatic rings. The van der Waals surface area contributed by atoms with E-state index in [1.54, 1.807) is 12.1 Å². The van der Waals surface area contributed by atoms with Gasteiger partial charge in [-0.05, 0) is 37.8 Å². The zero-order chi connectivity index (χ0) is 19.5. The first kappa shape index (κ1) is 19.2. The molecule has 0 N–H and O–H groups in total. The number of piperazine rings is 1. The van der Waals surface area contributed by atoms with Gasteiger partial charge < -0.3 is 14.5 Å². The molecule has 3 fully saturated rings. The molecule has 6 nitrogen and oxygen atoms in total. The van der Waals surface area contributed by atoms with Gasteiger partial charge in [-0.15, -0.1) is 0 Å². The number of hydrogen-bond acceptors (Lipinski definition) is 5. The Hall–Kier alpha value is -2.17. The van der Waals surface area contributed by atoms with Crippen LogP contribution in [0.4, 0.5) is 10.1 Å². The van der Waals surface area contributed by atoms with E-state index in [0.717, 1.165) is 58.5 Å². The molecule has 0 radical (unpaired) electrons. The molecule has 3 saturated heterocycles. The van der Waals surface area contributed by atoms with Gasteiger partial charge in [-0.1, -0.05) is 6.07 Å². The van der Waals surface area contributed by atoms with Gasteiger partial charge in [0.2, 0.25) is 5.91 Å². The summed E-state index contributed by atoms with van der Waals surface area (Å²) in [5, 5.41) is 9.29. The largest absolute Gasteiger partial charge is 0.381 e. The number of benzene rings is 1. The molecule has 0 bridgehead atoms. The van der Waals surface area contributed by atoms with Crippen molar-refractivity contribution in [2.24, 2.45) is 0 Å². The number of piperidine rings is 1. The monoisotopic (exact) mass is 386 g/mol. The molecule has 7 heteroatoms. The standard InChI is InChI=1S/C21H27FN4O2/c22-18-3-1-4-19(17(18)15-23)24-9-11-25(12-10-24)20-5-2-8-26(21(20)27)16-6-13-28-14-7-16/h1,3-4,16,20H,2,5-14H2/t20-/m0/s1. The van der Waals surface area contributed by atoms with E-state index in [-0.39, 0.29) is 17.5 Å². The van der Waals surface area contributed by atoms with Crippen LogP contribution >= 0.6 is 0 Å². The molecule has 1 amide bonds. The van der Waals surface area contributed by atoms with E-state index in [9.17, 15) is 14.4 Å². The Morgan fingerprint density at radius 2 is 1.82 bits per heavy atom. The minimum Gasteiger partial charge on any atom is -0.381 e. The number of halogens is 1. The summed E-state index contributed by atoms with van der Waals surface area (Å²) in [6, 6.07) is 7.02. The summed E-state index contributed by atoms with van der Waals surface area (Å²) in [4.78, 5) is 19.6. The summed E-state index contributed by atoms with van der Waals surface area (Å²) in [5.41, 5.74) is 0.760. The lowest BCUT2D eigenvalue weighted by molar-refractivity contribution is -0.145. The summed E-state index contributed by atoms with van der Waals surface area (Å²) in [6.07, 6.45) is 3.81. The van der Waals surface area contributed by atoms with Crippen LogP contribution in [0.15, 0.2) is 18.2 Å². The van der Waals surface area contributed by atoms with Crippen molar-refractivity contribution in [1.82, 2.24) is 9.80 Å². The first-order chi connectivity index (χ1) is 13.7. The van der Waals surface area contributed by atoms with Gasteiger partial charge in [-0.2, -0.15) is 5.26 Å². The maximum absolute atomic E-state index is 13.9. The van der Waals surface area contributed by atoms with Crippen LogP contribution in [0.25, 0.3) is 0 Å². The van der Waals surface area contributed by atoms with Gasteiger partial charge in [0.15, 0.2) is 0 Å². The van der Waals surface area contributed by atoms with E-state index in [4.69, 9.17) is 4.74 Å². The van der Waals surface area contributed by atoms with Gasteiger partial charge in [0.25, 0.3) is 0 Å². The molecular formula is C21H27FN4O2. The fraction of sp³-hybridized carbons (Fsp3) is 0.619. The lowest BCUT2D eigenvalue weighted by atomic mass is 9.97. The summed E-state index contributed by atoms with van der Waals surface area (Å²) >= 11 is 0. The molecule has 3 aliphatic rings. The number of amides is 1. The number of likely N-dealkylation sites (tertiary alicyclic amines) is 1. The molecule has 0 saturated carbocycles. The fourth-order valence-electron chi connectivity index (χ4n) is 4.74. The van der Waals surface area contributed by atoms with Crippen LogP contribution in [0.2, 0.25) is 0 Å². The molecule has 3 heterocycles. The third-order valence-electron chi connectivity index (χ3n) is 6.28. The van der Waals surface area contributed by atoms with Crippen molar-refractivity contribution in [3.63, 3.8) is 0 Å². The average molecular weight is 386 g/mol. The first-order valence-corrected chi connectivity index (χ1v) is 10.2. The number of carbonyl (C=O) groups is 1. The van der Waals surface area contributed by atoms with E-state index in [0.29, 0.717) is 24.8 Å². The van der Waals surface area contributed by atoms with Crippen molar-refractivity contribution in [2.75, 3.05) is 50.8 Å². The van der Waals surface area contributed by atoms with Gasteiger partial charge in [0.1, 0.15) is 17.4 Å². The summed E-state index contributed by atoms with van der Waals surface area (Å²) < 4.78 is 19.4. The van der Waals surface area contributed by atoms with Gasteiger partial charge in [-0.25, -0.2) is 4.39 Å². The third kappa shape index (κ3) is 3.71. The predicted molar refractivity (Wildman–Crippen MR) is 103 cm³/mol. The highest BCUT2D eigenvalue weighted by atomic mass is 19.1. The van der Waals surface area contributed by atoms with Crippen LogP contribution in [-0.4, -0.2) is 73.7 Å². The van der Waals surface area contributed by atoms with Crippen molar-refractivity contribution < 1.29 is 13.9 Å². The Labute approximate surface area is 165 Å². The highest BCUT2D eigenvalue weighted by Crippen LogP contribution is 2.27. The number of hydrogen-bond donors (Lipinski definition) is 0. The molecule has 150 valence electrons. The topological polar surface area (TPSA) is 59.8 Å². The van der Waals surface area contributed by atoms with Crippen LogP contribution in [0.5, 0.6) is 0 Å². The maximum atomic E-state index is 13.9. The van der Waals surface area contributed by atoms with Gasteiger partial charge in [0.05, 0.1) is 11.7 Å². The quantitative estimate of drug-likeness (QED) is 0.795. The maximum Gasteiger partial charge on any atom is 0.240 e. The van der Waals surface area contributed by atoms with Crippen molar-refractivity contribution in [3.05, 3.63) is 29.6 Å². The molecule has 0 spiro atoms. The molecular weight excluding hydrogens is 359 g/mol. The molecule has 0 aliphatic carbocycles. The molecule has 1 atom stereocenters. The lowest BCUT2D eigenvalue weighted by Crippen LogP contribution is -2.59. The lowest BCUT2D eigenvalue weighted by Gasteiger charge is -2.45. The molecule has 0 unspecified atom stereocenters. The Morgan fingerprint density at radius 1 is 1.07 bits per heavy atom. The van der Waals surface area contributed by atoms with E-state index < -0.39 is 5.82 Å². The van der Waals surface area contributed by atoms with Crippen LogP contribution in [0, 0.1) is 17.1 Å². The molecule has 1 aromatic carbocycles. The van der Waals surface area contributed by atoms with E-state index in [2.05, 4.69) is 14.7 Å². The minimum absolute atomic E-state index is 0.0540. The number of nitrogens with zero attached hydrogens (tertiary/aromatic N) is 4. The average Bonchev–Trinajstić information content (AvgIpc) is 2.74. The molecule has 28 heavy (non-hydrogen) atoms. The van der Waals surface area contributed by atoms with Crippen molar-refractivity contribution in [2.45, 2.75) is 37.8 Å². The van der Waals surface area contributed by atoms with Gasteiger partial charge in [-0.3, -0.25) is 9.69 Å². The summed E-state index contributed by atoms with van der Waals surface area (Å²) in [5.74, 6) is -0.216. The highest BCUT2D eigenvalue weighted by molar-refractivity contribution is 5.83. The second-order valence-corrected chi connectivity index (χ2v) is 7.80. The van der Waals surface area contributed by atoms with E-state index in [1.165, 1.54) is 6.07 Å². The zero-order valence-electron chi connectivity index (χ0n) is 16.1. The second-order valence-electron chi connectivity index (χ2n) is 7.80. The first-order valence-electron chi connectivity index (χ1n) is 10.2. The van der Waals surface area contributed by atoms with Crippen LogP contribution < -0.4 is 4.90 Å². The fourth-order valence-corrected chi connectivity index (χ4v) is 4.74. The molecule has 0 aromatic heterocycles. The number of nitriles is 1. The zero-order valence-corrected chi connectivity index (χ0v) is 16.1. The summed E-state index contributed by atoms with van der Waals surface area (Å²) in [6.45, 7) is 5.23. The molecule has 3 aliphatic heterocycles. The third-order valence-corrected chi connectivity index (χ3v) is 6.28. The highest BCUT2D eigenvalue weighted by Gasteiger charge is 2.38. The Balaban J connectivity index is 1.40. The van der Waals surface area contributed by atoms with Crippen molar-refractivity contribution >= 4 is 11.6 Å². The summed E-state index contributed by atoms with van der Waals surface area (Å²) in [7, 11) is 0. The SMILES string of the molecule is N#Cc1c(F)cccc1N1CCN([C@H]2CCCN(C3CCOCC3)C2=O)CC1. The number of anilines is 1. The van der Waals surface area contributed by atoms with E-state index >= 15 is 0 Å². The predicted octanol–water partition coefficient (Wildman–Crippen LogP) is 1.99.